The standard InChI is InChI=1S/C23H23N3O3/c1-4-29-20-11-17(18-12-21(28-3)23(27)24-13-18)10-19-22(20)25-15(2)26(19)14-16-8-6-5-7-9-16/h5-13H,4,14H2,1-3H3,(H,24,27). The van der Waals surface area contributed by atoms with Gasteiger partial charge in [-0.25, -0.2) is 4.98 Å². The van der Waals surface area contributed by atoms with Gasteiger partial charge in [-0.1, -0.05) is 30.3 Å². The lowest BCUT2D eigenvalue weighted by Crippen LogP contribution is -2.08. The molecule has 0 bridgehead atoms. The fraction of sp³-hybridized carbons (Fsp3) is 0.217. The maximum absolute atomic E-state index is 11.9. The van der Waals surface area contributed by atoms with Crippen LogP contribution in [0.2, 0.25) is 0 Å². The Labute approximate surface area is 168 Å². The van der Waals surface area contributed by atoms with Crippen LogP contribution in [-0.4, -0.2) is 28.3 Å². The number of hydrogen-bond acceptors (Lipinski definition) is 4. The highest BCUT2D eigenvalue weighted by atomic mass is 16.5. The van der Waals surface area contributed by atoms with E-state index in [2.05, 4.69) is 27.8 Å². The molecule has 6 nitrogen and oxygen atoms in total. The number of hydrogen-bond donors (Lipinski definition) is 1. The van der Waals surface area contributed by atoms with Crippen molar-refractivity contribution in [1.29, 1.82) is 0 Å². The topological polar surface area (TPSA) is 69.1 Å². The molecule has 0 aliphatic rings. The fourth-order valence-electron chi connectivity index (χ4n) is 3.49. The molecule has 4 aromatic rings. The summed E-state index contributed by atoms with van der Waals surface area (Å²) in [6.07, 6.45) is 1.69. The second-order valence-electron chi connectivity index (χ2n) is 6.79. The molecule has 148 valence electrons. The second kappa shape index (κ2) is 7.83. The molecule has 4 rings (SSSR count). The van der Waals surface area contributed by atoms with Crippen LogP contribution in [0.1, 0.15) is 18.3 Å². The molecule has 2 aromatic heterocycles. The molecule has 1 N–H and O–H groups in total. The Hall–Kier alpha value is -3.54. The zero-order valence-corrected chi connectivity index (χ0v) is 16.7. The minimum atomic E-state index is -0.257. The van der Waals surface area contributed by atoms with Crippen LogP contribution in [-0.2, 0) is 6.54 Å². The van der Waals surface area contributed by atoms with Gasteiger partial charge in [0.25, 0.3) is 5.56 Å². The van der Waals surface area contributed by atoms with Gasteiger partial charge < -0.3 is 19.0 Å². The van der Waals surface area contributed by atoms with Crippen LogP contribution in [0.3, 0.4) is 0 Å². The third-order valence-electron chi connectivity index (χ3n) is 4.92. The number of nitrogens with one attached hydrogen (secondary N) is 1. The lowest BCUT2D eigenvalue weighted by atomic mass is 10.1. The van der Waals surface area contributed by atoms with Gasteiger partial charge in [0.05, 0.1) is 19.2 Å². The number of ether oxygens (including phenoxy) is 2. The number of aryl methyl sites for hydroxylation is 1. The van der Waals surface area contributed by atoms with Crippen molar-refractivity contribution in [2.24, 2.45) is 0 Å². The molecule has 0 saturated heterocycles. The number of fused-ring (bicyclic) bond motifs is 1. The molecule has 6 heteroatoms. The van der Waals surface area contributed by atoms with E-state index < -0.39 is 0 Å². The Balaban J connectivity index is 1.90. The molecule has 0 atom stereocenters. The van der Waals surface area contributed by atoms with E-state index in [4.69, 9.17) is 14.5 Å². The smallest absolute Gasteiger partial charge is 0.290 e. The Kier molecular flexibility index (Phi) is 5.08. The monoisotopic (exact) mass is 389 g/mol. The van der Waals surface area contributed by atoms with Crippen LogP contribution in [0, 0.1) is 6.92 Å². The number of benzene rings is 2. The molecule has 0 amide bonds. The first-order valence-corrected chi connectivity index (χ1v) is 9.55. The van der Waals surface area contributed by atoms with Crippen LogP contribution in [0.15, 0.2) is 59.5 Å². The predicted molar refractivity (Wildman–Crippen MR) is 114 cm³/mol. The Morgan fingerprint density at radius 3 is 2.55 bits per heavy atom. The summed E-state index contributed by atoms with van der Waals surface area (Å²) in [5.74, 6) is 1.91. The summed E-state index contributed by atoms with van der Waals surface area (Å²) >= 11 is 0. The van der Waals surface area contributed by atoms with Crippen molar-refractivity contribution >= 4 is 11.0 Å². The average Bonchev–Trinajstić information content (AvgIpc) is 3.05. The zero-order valence-electron chi connectivity index (χ0n) is 16.7. The number of methoxy groups -OCH3 is 1. The zero-order chi connectivity index (χ0) is 20.4. The minimum Gasteiger partial charge on any atom is -0.492 e. The van der Waals surface area contributed by atoms with E-state index in [-0.39, 0.29) is 11.3 Å². The molecule has 0 fully saturated rings. The van der Waals surface area contributed by atoms with Gasteiger partial charge in [-0.05, 0) is 43.2 Å². The van der Waals surface area contributed by atoms with E-state index in [0.29, 0.717) is 13.2 Å². The molecule has 29 heavy (non-hydrogen) atoms. The van der Waals surface area contributed by atoms with Crippen molar-refractivity contribution in [1.82, 2.24) is 14.5 Å². The summed E-state index contributed by atoms with van der Waals surface area (Å²) in [6, 6.07) is 16.1. The third-order valence-corrected chi connectivity index (χ3v) is 4.92. The van der Waals surface area contributed by atoms with Gasteiger partial charge in [-0.3, -0.25) is 4.79 Å². The molecular formula is C23H23N3O3. The summed E-state index contributed by atoms with van der Waals surface area (Å²) in [6.45, 7) is 5.21. The van der Waals surface area contributed by atoms with Crippen LogP contribution in [0.5, 0.6) is 11.5 Å². The Morgan fingerprint density at radius 2 is 1.83 bits per heavy atom. The largest absolute Gasteiger partial charge is 0.492 e. The van der Waals surface area contributed by atoms with Crippen molar-refractivity contribution in [3.05, 3.63) is 76.5 Å². The number of nitrogens with zero attached hydrogens (tertiary/aromatic N) is 2. The first kappa shape index (κ1) is 18.8. The van der Waals surface area contributed by atoms with Crippen molar-refractivity contribution < 1.29 is 9.47 Å². The van der Waals surface area contributed by atoms with E-state index in [1.165, 1.54) is 12.7 Å². The number of pyridine rings is 1. The number of imidazole rings is 1. The third kappa shape index (κ3) is 3.61. The highest BCUT2D eigenvalue weighted by Gasteiger charge is 2.16. The molecule has 0 saturated carbocycles. The lowest BCUT2D eigenvalue weighted by molar-refractivity contribution is 0.344. The van der Waals surface area contributed by atoms with E-state index >= 15 is 0 Å². The molecule has 0 aliphatic heterocycles. The summed E-state index contributed by atoms with van der Waals surface area (Å²) in [7, 11) is 1.49. The first-order valence-electron chi connectivity index (χ1n) is 9.55. The van der Waals surface area contributed by atoms with Crippen molar-refractivity contribution in [2.45, 2.75) is 20.4 Å². The van der Waals surface area contributed by atoms with Gasteiger partial charge in [0, 0.05) is 18.3 Å². The van der Waals surface area contributed by atoms with Crippen LogP contribution in [0.4, 0.5) is 0 Å². The molecule has 0 radical (unpaired) electrons. The summed E-state index contributed by atoms with van der Waals surface area (Å²) in [4.78, 5) is 19.4. The molecule has 0 spiro atoms. The Bertz CT molecular complexity index is 1210. The second-order valence-corrected chi connectivity index (χ2v) is 6.79. The van der Waals surface area contributed by atoms with Gasteiger partial charge in [-0.2, -0.15) is 0 Å². The molecule has 0 aliphatic carbocycles. The number of aromatic amines is 1. The van der Waals surface area contributed by atoms with Gasteiger partial charge in [-0.15, -0.1) is 0 Å². The quantitative estimate of drug-likeness (QED) is 0.538. The van der Waals surface area contributed by atoms with E-state index in [1.54, 1.807) is 12.3 Å². The van der Waals surface area contributed by atoms with Crippen molar-refractivity contribution in [2.75, 3.05) is 13.7 Å². The molecular weight excluding hydrogens is 366 g/mol. The van der Waals surface area contributed by atoms with Crippen molar-refractivity contribution in [3.8, 4) is 22.6 Å². The van der Waals surface area contributed by atoms with Crippen molar-refractivity contribution in [3.63, 3.8) is 0 Å². The highest BCUT2D eigenvalue weighted by Crippen LogP contribution is 2.33. The van der Waals surface area contributed by atoms with Crippen LogP contribution in [0.25, 0.3) is 22.2 Å². The van der Waals surface area contributed by atoms with Gasteiger partial charge >= 0.3 is 0 Å². The van der Waals surface area contributed by atoms with Gasteiger partial charge in [0.2, 0.25) is 0 Å². The van der Waals surface area contributed by atoms with Crippen LogP contribution < -0.4 is 15.0 Å². The summed E-state index contributed by atoms with van der Waals surface area (Å²) in [5, 5.41) is 0. The predicted octanol–water partition coefficient (Wildman–Crippen LogP) is 4.16. The van der Waals surface area contributed by atoms with E-state index in [9.17, 15) is 4.79 Å². The molecule has 2 heterocycles. The van der Waals surface area contributed by atoms with E-state index in [0.717, 1.165) is 33.7 Å². The number of H-pyrrole nitrogens is 1. The van der Waals surface area contributed by atoms with E-state index in [1.807, 2.05) is 38.1 Å². The summed E-state index contributed by atoms with van der Waals surface area (Å²) < 4.78 is 13.3. The molecule has 2 aromatic carbocycles. The fourth-order valence-corrected chi connectivity index (χ4v) is 3.49. The van der Waals surface area contributed by atoms with Gasteiger partial charge in [0.1, 0.15) is 17.1 Å². The molecule has 0 unspecified atom stereocenters. The average molecular weight is 389 g/mol. The maximum atomic E-state index is 11.9. The number of rotatable bonds is 6. The SMILES string of the molecule is CCOc1cc(-c2c[nH]c(=O)c(OC)c2)cc2c1nc(C)n2Cc1ccccc1. The van der Waals surface area contributed by atoms with Crippen LogP contribution >= 0.6 is 0 Å². The number of aromatic nitrogens is 3. The normalized spacial score (nSPS) is 11.0. The maximum Gasteiger partial charge on any atom is 0.290 e. The first-order chi connectivity index (χ1) is 14.1. The minimum absolute atomic E-state index is 0.257. The summed E-state index contributed by atoms with van der Waals surface area (Å²) in [5.41, 5.74) is 4.52. The Morgan fingerprint density at radius 1 is 1.07 bits per heavy atom. The van der Waals surface area contributed by atoms with Gasteiger partial charge in [0.15, 0.2) is 5.75 Å². The highest BCUT2D eigenvalue weighted by molar-refractivity contribution is 5.88. The lowest BCUT2D eigenvalue weighted by Gasteiger charge is -2.11.